The Balaban J connectivity index is 2.14. The Morgan fingerprint density at radius 1 is 1.44 bits per heavy atom. The summed E-state index contributed by atoms with van der Waals surface area (Å²) in [6.45, 7) is 5.64. The molecule has 2 aliphatic rings. The molecule has 2 nitrogen and oxygen atoms in total. The Bertz CT molecular complexity index is 284. The van der Waals surface area contributed by atoms with Crippen molar-refractivity contribution in [3.8, 4) is 0 Å². The highest BCUT2D eigenvalue weighted by Crippen LogP contribution is 2.51. The van der Waals surface area contributed by atoms with Crippen LogP contribution in [0.1, 0.15) is 51.9 Å². The molecule has 0 spiro atoms. The molecular formula is C14H22O2. The number of rotatable bonds is 3. The van der Waals surface area contributed by atoms with Gasteiger partial charge in [-0.3, -0.25) is 0 Å². The summed E-state index contributed by atoms with van der Waals surface area (Å²) in [5.41, 5.74) is -0.170. The molecule has 0 N–H and O–H groups in total. The summed E-state index contributed by atoms with van der Waals surface area (Å²) in [6, 6.07) is 0. The first kappa shape index (κ1) is 11.7. The van der Waals surface area contributed by atoms with Crippen LogP contribution in [0.3, 0.4) is 0 Å². The number of hydrogen-bond acceptors (Lipinski definition) is 2. The van der Waals surface area contributed by atoms with Gasteiger partial charge in [0.1, 0.15) is 5.60 Å². The van der Waals surface area contributed by atoms with E-state index in [9.17, 15) is 4.79 Å². The Hall–Kier alpha value is -0.790. The summed E-state index contributed by atoms with van der Waals surface area (Å²) in [4.78, 5) is 11.5. The van der Waals surface area contributed by atoms with Crippen molar-refractivity contribution in [2.45, 2.75) is 57.5 Å². The van der Waals surface area contributed by atoms with E-state index in [2.05, 4.69) is 13.5 Å². The minimum absolute atomic E-state index is 0.170. The quantitative estimate of drug-likeness (QED) is 0.540. The highest BCUT2D eigenvalue weighted by molar-refractivity contribution is 5.81. The normalized spacial score (nSPS) is 37.8. The van der Waals surface area contributed by atoms with Crippen molar-refractivity contribution in [2.24, 2.45) is 11.8 Å². The third-order valence-electron chi connectivity index (χ3n) is 4.59. The van der Waals surface area contributed by atoms with E-state index in [0.717, 1.165) is 18.8 Å². The molecule has 2 saturated carbocycles. The third-order valence-corrected chi connectivity index (χ3v) is 4.59. The zero-order valence-electron chi connectivity index (χ0n) is 10.2. The van der Waals surface area contributed by atoms with E-state index < -0.39 is 0 Å². The van der Waals surface area contributed by atoms with Gasteiger partial charge in [0.05, 0.1) is 0 Å². The van der Waals surface area contributed by atoms with Crippen molar-refractivity contribution in [3.63, 3.8) is 0 Å². The lowest BCUT2D eigenvalue weighted by Gasteiger charge is -2.38. The second-order valence-corrected chi connectivity index (χ2v) is 5.23. The molecule has 0 bridgehead atoms. The van der Waals surface area contributed by atoms with Gasteiger partial charge in [0.25, 0.3) is 0 Å². The van der Waals surface area contributed by atoms with Crippen molar-refractivity contribution in [3.05, 3.63) is 12.7 Å². The molecule has 2 aliphatic carbocycles. The van der Waals surface area contributed by atoms with Crippen molar-refractivity contribution in [2.75, 3.05) is 0 Å². The van der Waals surface area contributed by atoms with E-state index in [1.165, 1.54) is 38.2 Å². The van der Waals surface area contributed by atoms with Gasteiger partial charge in [0.15, 0.2) is 0 Å². The van der Waals surface area contributed by atoms with Crippen molar-refractivity contribution >= 4 is 5.97 Å². The second kappa shape index (κ2) is 4.60. The molecule has 3 atom stereocenters. The fourth-order valence-corrected chi connectivity index (χ4v) is 3.74. The second-order valence-electron chi connectivity index (χ2n) is 5.23. The van der Waals surface area contributed by atoms with Gasteiger partial charge in [-0.2, -0.15) is 0 Å². The van der Waals surface area contributed by atoms with Gasteiger partial charge < -0.3 is 4.74 Å². The average molecular weight is 222 g/mol. The molecule has 0 aliphatic heterocycles. The van der Waals surface area contributed by atoms with E-state index in [0.29, 0.717) is 5.92 Å². The molecule has 0 radical (unpaired) electrons. The molecule has 2 heteroatoms. The van der Waals surface area contributed by atoms with Crippen LogP contribution < -0.4 is 0 Å². The molecular weight excluding hydrogens is 200 g/mol. The zero-order valence-corrected chi connectivity index (χ0v) is 10.2. The van der Waals surface area contributed by atoms with E-state index in [-0.39, 0.29) is 11.6 Å². The number of esters is 1. The molecule has 0 aromatic carbocycles. The van der Waals surface area contributed by atoms with Crippen LogP contribution in [0.5, 0.6) is 0 Å². The van der Waals surface area contributed by atoms with Gasteiger partial charge in [0.2, 0.25) is 0 Å². The van der Waals surface area contributed by atoms with Crippen LogP contribution in [0, 0.1) is 11.8 Å². The van der Waals surface area contributed by atoms with Crippen LogP contribution in [0.15, 0.2) is 12.7 Å². The topological polar surface area (TPSA) is 26.3 Å². The fourth-order valence-electron chi connectivity index (χ4n) is 3.74. The number of carbonyl (C=O) groups excluding carboxylic acids is 1. The first-order valence-corrected chi connectivity index (χ1v) is 6.57. The van der Waals surface area contributed by atoms with Crippen molar-refractivity contribution in [1.29, 1.82) is 0 Å². The van der Waals surface area contributed by atoms with Gasteiger partial charge in [-0.25, -0.2) is 4.79 Å². The monoisotopic (exact) mass is 222 g/mol. The number of ether oxygens (including phenoxy) is 1. The highest BCUT2D eigenvalue weighted by Gasteiger charge is 2.50. The summed E-state index contributed by atoms with van der Waals surface area (Å²) in [7, 11) is 0. The Labute approximate surface area is 98.1 Å². The largest absolute Gasteiger partial charge is 0.456 e. The number of carbonyl (C=O) groups is 1. The van der Waals surface area contributed by atoms with Crippen LogP contribution in [0.4, 0.5) is 0 Å². The summed E-state index contributed by atoms with van der Waals surface area (Å²) in [5, 5.41) is 0. The lowest BCUT2D eigenvalue weighted by Crippen LogP contribution is -2.40. The predicted octanol–water partition coefficient (Wildman–Crippen LogP) is 3.46. The van der Waals surface area contributed by atoms with Crippen LogP contribution in [0.2, 0.25) is 0 Å². The van der Waals surface area contributed by atoms with Crippen LogP contribution in [-0.2, 0) is 9.53 Å². The summed E-state index contributed by atoms with van der Waals surface area (Å²) in [6.07, 6.45) is 9.77. The lowest BCUT2D eigenvalue weighted by molar-refractivity contribution is -0.160. The van der Waals surface area contributed by atoms with E-state index >= 15 is 0 Å². The fraction of sp³-hybridized carbons (Fsp3) is 0.786. The van der Waals surface area contributed by atoms with Gasteiger partial charge in [0, 0.05) is 12.0 Å². The number of fused-ring (bicyclic) bond motifs is 1. The van der Waals surface area contributed by atoms with E-state index in [1.807, 2.05) is 0 Å². The molecule has 0 saturated heterocycles. The maximum atomic E-state index is 11.5. The van der Waals surface area contributed by atoms with Crippen molar-refractivity contribution < 1.29 is 9.53 Å². The first-order valence-electron chi connectivity index (χ1n) is 6.57. The lowest BCUT2D eigenvalue weighted by atomic mass is 9.75. The van der Waals surface area contributed by atoms with E-state index in [1.54, 1.807) is 0 Å². The van der Waals surface area contributed by atoms with Crippen LogP contribution >= 0.6 is 0 Å². The molecule has 2 rings (SSSR count). The smallest absolute Gasteiger partial charge is 0.330 e. The van der Waals surface area contributed by atoms with Gasteiger partial charge >= 0.3 is 5.97 Å². The van der Waals surface area contributed by atoms with Gasteiger partial charge in [-0.1, -0.05) is 32.8 Å². The summed E-state index contributed by atoms with van der Waals surface area (Å²) in [5.74, 6) is 1.16. The first-order chi connectivity index (χ1) is 7.72. The molecule has 2 fully saturated rings. The molecule has 0 heterocycles. The molecule has 3 unspecified atom stereocenters. The molecule has 0 amide bonds. The summed E-state index contributed by atoms with van der Waals surface area (Å²) < 4.78 is 5.71. The standard InChI is InChI=1S/C14H22O2/c1-3-13(15)16-14(4-2)10-9-11-7-5-6-8-12(11)14/h3,11-12H,1,4-10H2,2H3. The molecule has 0 aromatic rings. The minimum Gasteiger partial charge on any atom is -0.456 e. The maximum absolute atomic E-state index is 11.5. The Kier molecular flexibility index (Phi) is 3.36. The number of hydrogen-bond donors (Lipinski definition) is 0. The highest BCUT2D eigenvalue weighted by atomic mass is 16.6. The van der Waals surface area contributed by atoms with E-state index in [4.69, 9.17) is 4.74 Å². The Morgan fingerprint density at radius 3 is 2.88 bits per heavy atom. The van der Waals surface area contributed by atoms with Crippen LogP contribution in [0.25, 0.3) is 0 Å². The third kappa shape index (κ3) is 1.90. The maximum Gasteiger partial charge on any atom is 0.330 e. The molecule has 16 heavy (non-hydrogen) atoms. The molecule has 90 valence electrons. The zero-order chi connectivity index (χ0) is 11.6. The summed E-state index contributed by atoms with van der Waals surface area (Å²) >= 11 is 0. The van der Waals surface area contributed by atoms with Crippen LogP contribution in [-0.4, -0.2) is 11.6 Å². The Morgan fingerprint density at radius 2 is 2.19 bits per heavy atom. The van der Waals surface area contributed by atoms with Gasteiger partial charge in [-0.15, -0.1) is 0 Å². The van der Waals surface area contributed by atoms with Gasteiger partial charge in [-0.05, 0) is 31.6 Å². The predicted molar refractivity (Wildman–Crippen MR) is 64.0 cm³/mol. The SMILES string of the molecule is C=CC(=O)OC1(CC)CCC2CCCCC21. The molecule has 0 aromatic heterocycles. The van der Waals surface area contributed by atoms with Crippen molar-refractivity contribution in [1.82, 2.24) is 0 Å². The minimum atomic E-state index is -0.243. The average Bonchev–Trinajstić information content (AvgIpc) is 2.69.